The number of hydrogen-bond donors (Lipinski definition) is 1. The summed E-state index contributed by atoms with van der Waals surface area (Å²) >= 11 is 0. The summed E-state index contributed by atoms with van der Waals surface area (Å²) in [5, 5.41) is 8.93. The third kappa shape index (κ3) is 2.04. The van der Waals surface area contributed by atoms with Crippen molar-refractivity contribution in [2.24, 2.45) is 0 Å². The maximum Gasteiger partial charge on any atom is 0.336 e. The van der Waals surface area contributed by atoms with Gasteiger partial charge in [-0.3, -0.25) is 4.98 Å². The van der Waals surface area contributed by atoms with Crippen molar-refractivity contribution in [3.63, 3.8) is 0 Å². The van der Waals surface area contributed by atoms with Crippen molar-refractivity contribution in [3.8, 4) is 11.1 Å². The molecule has 0 atom stereocenters. The van der Waals surface area contributed by atoms with Crippen LogP contribution in [0.5, 0.6) is 0 Å². The maximum atomic E-state index is 13.1. The first-order valence-electron chi connectivity index (χ1n) is 4.83. The fourth-order valence-corrected chi connectivity index (χ4v) is 1.52. The maximum absolute atomic E-state index is 13.1. The monoisotopic (exact) mass is 253 g/mol. The molecule has 0 unspecified atom stereocenters. The second kappa shape index (κ2) is 4.48. The van der Waals surface area contributed by atoms with Crippen LogP contribution >= 0.6 is 0 Å². The second-order valence-electron chi connectivity index (χ2n) is 3.48. The molecule has 1 N–H and O–H groups in total. The minimum absolute atomic E-state index is 0.0165. The fraction of sp³-hybridized carbons (Fsp3) is 0. The highest BCUT2D eigenvalue weighted by Crippen LogP contribution is 2.26. The molecule has 18 heavy (non-hydrogen) atoms. The first kappa shape index (κ1) is 12.1. The van der Waals surface area contributed by atoms with Gasteiger partial charge in [0.15, 0.2) is 17.5 Å². The lowest BCUT2D eigenvalue weighted by atomic mass is 10.0. The summed E-state index contributed by atoms with van der Waals surface area (Å²) in [6.45, 7) is 0. The molecule has 92 valence electrons. The van der Waals surface area contributed by atoms with Crippen molar-refractivity contribution in [1.29, 1.82) is 0 Å². The fourth-order valence-electron chi connectivity index (χ4n) is 1.52. The zero-order valence-electron chi connectivity index (χ0n) is 8.82. The molecular formula is C12H6F3NO2. The van der Waals surface area contributed by atoms with E-state index in [-0.39, 0.29) is 16.7 Å². The number of nitrogens with zero attached hydrogens (tertiary/aromatic N) is 1. The molecule has 0 radical (unpaired) electrons. The quantitative estimate of drug-likeness (QED) is 0.837. The van der Waals surface area contributed by atoms with Crippen LogP contribution in [0.25, 0.3) is 11.1 Å². The Hall–Kier alpha value is -2.37. The molecule has 0 bridgehead atoms. The Morgan fingerprint density at radius 3 is 2.33 bits per heavy atom. The van der Waals surface area contributed by atoms with Gasteiger partial charge < -0.3 is 5.11 Å². The number of carboxylic acid groups (broad SMARTS) is 1. The molecule has 0 saturated heterocycles. The summed E-state index contributed by atoms with van der Waals surface area (Å²) in [6, 6.07) is 2.64. The Kier molecular flexibility index (Phi) is 3.01. The van der Waals surface area contributed by atoms with E-state index in [1.54, 1.807) is 0 Å². The standard InChI is InChI=1S/C12H6F3NO2/c13-9-3-6(4-10(14)11(9)15)8-5-16-2-1-7(8)12(17)18/h1-5H,(H,17,18). The predicted octanol–water partition coefficient (Wildman–Crippen LogP) is 2.86. The van der Waals surface area contributed by atoms with Crippen LogP contribution in [0.3, 0.4) is 0 Å². The van der Waals surface area contributed by atoms with Crippen molar-refractivity contribution in [3.05, 3.63) is 53.6 Å². The molecular weight excluding hydrogens is 247 g/mol. The van der Waals surface area contributed by atoms with E-state index in [1.807, 2.05) is 0 Å². The van der Waals surface area contributed by atoms with Gasteiger partial charge in [0.2, 0.25) is 0 Å². The number of hydrogen-bond acceptors (Lipinski definition) is 2. The van der Waals surface area contributed by atoms with Gasteiger partial charge in [-0.05, 0) is 23.8 Å². The number of aromatic nitrogens is 1. The average Bonchev–Trinajstić information content (AvgIpc) is 2.35. The molecule has 1 aromatic carbocycles. The molecule has 0 spiro atoms. The van der Waals surface area contributed by atoms with Crippen LogP contribution in [-0.4, -0.2) is 16.1 Å². The van der Waals surface area contributed by atoms with Crippen molar-refractivity contribution in [2.45, 2.75) is 0 Å². The number of benzene rings is 1. The molecule has 3 nitrogen and oxygen atoms in total. The van der Waals surface area contributed by atoms with Crippen LogP contribution in [0.4, 0.5) is 13.2 Å². The number of pyridine rings is 1. The third-order valence-electron chi connectivity index (χ3n) is 2.35. The predicted molar refractivity (Wildman–Crippen MR) is 56.5 cm³/mol. The molecule has 0 aliphatic carbocycles. The molecule has 1 heterocycles. The van der Waals surface area contributed by atoms with E-state index in [0.29, 0.717) is 0 Å². The Labute approximate surface area is 99.5 Å². The summed E-state index contributed by atoms with van der Waals surface area (Å²) in [6.07, 6.45) is 2.39. The molecule has 0 aliphatic rings. The van der Waals surface area contributed by atoms with Crippen LogP contribution in [0.2, 0.25) is 0 Å². The highest BCUT2D eigenvalue weighted by atomic mass is 19.2. The highest BCUT2D eigenvalue weighted by molar-refractivity contribution is 5.95. The van der Waals surface area contributed by atoms with Gasteiger partial charge in [-0.25, -0.2) is 18.0 Å². The van der Waals surface area contributed by atoms with E-state index in [1.165, 1.54) is 12.3 Å². The van der Waals surface area contributed by atoms with Crippen molar-refractivity contribution >= 4 is 5.97 Å². The zero-order chi connectivity index (χ0) is 13.3. The summed E-state index contributed by atoms with van der Waals surface area (Å²) in [4.78, 5) is 14.6. The van der Waals surface area contributed by atoms with Crippen LogP contribution in [0.15, 0.2) is 30.6 Å². The Morgan fingerprint density at radius 2 is 1.78 bits per heavy atom. The average molecular weight is 253 g/mol. The molecule has 2 rings (SSSR count). The smallest absolute Gasteiger partial charge is 0.336 e. The van der Waals surface area contributed by atoms with Gasteiger partial charge in [-0.2, -0.15) is 0 Å². The van der Waals surface area contributed by atoms with Gasteiger partial charge in [-0.1, -0.05) is 0 Å². The molecule has 1 aromatic heterocycles. The molecule has 2 aromatic rings. The van der Waals surface area contributed by atoms with Gasteiger partial charge >= 0.3 is 5.97 Å². The van der Waals surface area contributed by atoms with E-state index in [2.05, 4.69) is 4.98 Å². The van der Waals surface area contributed by atoms with Gasteiger partial charge in [0.05, 0.1) is 5.56 Å². The molecule has 0 saturated carbocycles. The molecule has 0 amide bonds. The zero-order valence-corrected chi connectivity index (χ0v) is 8.82. The van der Waals surface area contributed by atoms with Crippen LogP contribution < -0.4 is 0 Å². The second-order valence-corrected chi connectivity index (χ2v) is 3.48. The number of rotatable bonds is 2. The molecule has 0 fully saturated rings. The van der Waals surface area contributed by atoms with Gasteiger partial charge in [0, 0.05) is 18.0 Å². The minimum atomic E-state index is -1.60. The largest absolute Gasteiger partial charge is 0.478 e. The summed E-state index contributed by atoms with van der Waals surface area (Å²) < 4.78 is 39.0. The SMILES string of the molecule is O=C(O)c1ccncc1-c1cc(F)c(F)c(F)c1. The van der Waals surface area contributed by atoms with Gasteiger partial charge in [0.25, 0.3) is 0 Å². The lowest BCUT2D eigenvalue weighted by Crippen LogP contribution is -2.01. The Morgan fingerprint density at radius 1 is 1.17 bits per heavy atom. The van der Waals surface area contributed by atoms with E-state index >= 15 is 0 Å². The van der Waals surface area contributed by atoms with Crippen LogP contribution in [0.1, 0.15) is 10.4 Å². The van der Waals surface area contributed by atoms with Crippen LogP contribution in [-0.2, 0) is 0 Å². The third-order valence-corrected chi connectivity index (χ3v) is 2.35. The van der Waals surface area contributed by atoms with Crippen molar-refractivity contribution in [2.75, 3.05) is 0 Å². The van der Waals surface area contributed by atoms with Gasteiger partial charge in [0.1, 0.15) is 0 Å². The van der Waals surface area contributed by atoms with Gasteiger partial charge in [-0.15, -0.1) is 0 Å². The van der Waals surface area contributed by atoms with E-state index in [4.69, 9.17) is 5.11 Å². The minimum Gasteiger partial charge on any atom is -0.478 e. The topological polar surface area (TPSA) is 50.2 Å². The summed E-state index contributed by atoms with van der Waals surface area (Å²) in [5.74, 6) is -5.63. The lowest BCUT2D eigenvalue weighted by Gasteiger charge is -2.06. The van der Waals surface area contributed by atoms with E-state index in [9.17, 15) is 18.0 Å². The Bertz CT molecular complexity index is 605. The number of carboxylic acids is 1. The lowest BCUT2D eigenvalue weighted by molar-refractivity contribution is 0.0697. The van der Waals surface area contributed by atoms with E-state index < -0.39 is 23.4 Å². The van der Waals surface area contributed by atoms with Crippen LogP contribution in [0, 0.1) is 17.5 Å². The number of halogens is 3. The van der Waals surface area contributed by atoms with Crippen molar-refractivity contribution < 1.29 is 23.1 Å². The summed E-state index contributed by atoms with van der Waals surface area (Å²) in [7, 11) is 0. The summed E-state index contributed by atoms with van der Waals surface area (Å²) in [5.41, 5.74) is -0.241. The molecule has 0 aliphatic heterocycles. The number of carbonyl (C=O) groups is 1. The first-order chi connectivity index (χ1) is 8.50. The van der Waals surface area contributed by atoms with Crippen molar-refractivity contribution in [1.82, 2.24) is 4.98 Å². The molecule has 6 heteroatoms. The van der Waals surface area contributed by atoms with E-state index in [0.717, 1.165) is 18.3 Å². The highest BCUT2D eigenvalue weighted by Gasteiger charge is 2.16. The number of aromatic carboxylic acids is 1. The Balaban J connectivity index is 2.66. The normalized spacial score (nSPS) is 10.4. The first-order valence-corrected chi connectivity index (χ1v) is 4.83.